The van der Waals surface area contributed by atoms with Crippen molar-refractivity contribution in [3.8, 4) is 0 Å². The number of nitrogens with one attached hydrogen (secondary N) is 1. The van der Waals surface area contributed by atoms with Crippen LogP contribution in [-0.2, 0) is 32.6 Å². The first-order valence-electron chi connectivity index (χ1n) is 14.0. The fourth-order valence-corrected chi connectivity index (χ4v) is 6.34. The van der Waals surface area contributed by atoms with E-state index in [1.807, 2.05) is 69.3 Å². The van der Waals surface area contributed by atoms with Crippen LogP contribution in [0.1, 0.15) is 48.4 Å². The van der Waals surface area contributed by atoms with Crippen LogP contribution in [0.4, 0.5) is 5.69 Å². The summed E-state index contributed by atoms with van der Waals surface area (Å²) < 4.78 is 26.8. The average molecular weight is 633 g/mol. The Morgan fingerprint density at radius 2 is 1.55 bits per heavy atom. The maximum absolute atomic E-state index is 13.9. The van der Waals surface area contributed by atoms with Gasteiger partial charge in [-0.15, -0.1) is 0 Å². The minimum atomic E-state index is -3.60. The molecule has 0 spiro atoms. The summed E-state index contributed by atoms with van der Waals surface area (Å²) in [6, 6.07) is 19.4. The Bertz CT molecular complexity index is 1440. The van der Waals surface area contributed by atoms with Crippen LogP contribution < -0.4 is 9.62 Å². The molecule has 1 N–H and O–H groups in total. The van der Waals surface area contributed by atoms with E-state index in [1.165, 1.54) is 9.21 Å². The van der Waals surface area contributed by atoms with Crippen molar-refractivity contribution < 1.29 is 18.0 Å². The van der Waals surface area contributed by atoms with Crippen LogP contribution in [0.5, 0.6) is 0 Å². The summed E-state index contributed by atoms with van der Waals surface area (Å²) in [6.07, 6.45) is 2.47. The normalized spacial score (nSPS) is 12.0. The molecule has 1 atom stereocenters. The first-order valence-corrected chi connectivity index (χ1v) is 16.6. The fraction of sp³-hybridized carbons (Fsp3) is 0.375. The summed E-state index contributed by atoms with van der Waals surface area (Å²) in [7, 11) is -3.60. The molecule has 10 heteroatoms. The summed E-state index contributed by atoms with van der Waals surface area (Å²) in [5, 5.41) is 3.73. The summed E-state index contributed by atoms with van der Waals surface area (Å²) >= 11 is 13.0. The highest BCUT2D eigenvalue weighted by Crippen LogP contribution is 2.28. The lowest BCUT2D eigenvalue weighted by Gasteiger charge is -2.32. The molecule has 3 rings (SSSR count). The van der Waals surface area contributed by atoms with Crippen molar-refractivity contribution in [3.63, 3.8) is 0 Å². The van der Waals surface area contributed by atoms with Gasteiger partial charge in [-0.25, -0.2) is 8.42 Å². The van der Waals surface area contributed by atoms with Gasteiger partial charge in [0.1, 0.15) is 6.04 Å². The molecule has 3 aromatic carbocycles. The van der Waals surface area contributed by atoms with Crippen LogP contribution in [0.25, 0.3) is 0 Å². The summed E-state index contributed by atoms with van der Waals surface area (Å²) in [6.45, 7) is 6.39. The number of hydrogen-bond donors (Lipinski definition) is 1. The Kier molecular flexibility index (Phi) is 12.3. The maximum Gasteiger partial charge on any atom is 0.243 e. The maximum atomic E-state index is 13.9. The van der Waals surface area contributed by atoms with Gasteiger partial charge in [-0.3, -0.25) is 13.9 Å². The van der Waals surface area contributed by atoms with Crippen molar-refractivity contribution in [1.29, 1.82) is 0 Å². The SMILES string of the molecule is CCCNC(=O)C(Cc1ccccc1)N(Cc1c(Cl)cccc1Cl)C(=O)CCCN(c1cc(C)cc(C)c1)S(C)(=O)=O. The van der Waals surface area contributed by atoms with Gasteiger partial charge < -0.3 is 10.2 Å². The molecule has 0 aliphatic rings. The first kappa shape index (κ1) is 33.4. The molecule has 3 aromatic rings. The second kappa shape index (κ2) is 15.4. The Morgan fingerprint density at radius 1 is 0.929 bits per heavy atom. The molecule has 0 fully saturated rings. The predicted octanol–water partition coefficient (Wildman–Crippen LogP) is 6.32. The average Bonchev–Trinajstić information content (AvgIpc) is 2.92. The number of aryl methyl sites for hydroxylation is 2. The van der Waals surface area contributed by atoms with Gasteiger partial charge in [-0.2, -0.15) is 0 Å². The zero-order valence-corrected chi connectivity index (χ0v) is 26.9. The summed E-state index contributed by atoms with van der Waals surface area (Å²) in [5.41, 5.74) is 3.89. The van der Waals surface area contributed by atoms with E-state index in [-0.39, 0.29) is 37.7 Å². The molecule has 0 aliphatic heterocycles. The Labute approximate surface area is 259 Å². The fourth-order valence-electron chi connectivity index (χ4n) is 4.87. The third-order valence-electron chi connectivity index (χ3n) is 6.86. The second-order valence-electron chi connectivity index (χ2n) is 10.5. The van der Waals surface area contributed by atoms with E-state index in [2.05, 4.69) is 5.32 Å². The summed E-state index contributed by atoms with van der Waals surface area (Å²) in [5.74, 6) is -0.572. The topological polar surface area (TPSA) is 86.8 Å². The molecule has 0 saturated carbocycles. The number of nitrogens with zero attached hydrogens (tertiary/aromatic N) is 2. The van der Waals surface area contributed by atoms with Gasteiger partial charge in [0.25, 0.3) is 0 Å². The molecule has 1 unspecified atom stereocenters. The van der Waals surface area contributed by atoms with E-state index in [4.69, 9.17) is 23.2 Å². The van der Waals surface area contributed by atoms with Crippen molar-refractivity contribution in [3.05, 3.63) is 99.0 Å². The quantitative estimate of drug-likeness (QED) is 0.225. The van der Waals surface area contributed by atoms with Crippen molar-refractivity contribution in [2.24, 2.45) is 0 Å². The summed E-state index contributed by atoms with van der Waals surface area (Å²) in [4.78, 5) is 29.0. The van der Waals surface area contributed by atoms with Gasteiger partial charge in [0.15, 0.2) is 0 Å². The molecule has 0 heterocycles. The van der Waals surface area contributed by atoms with Gasteiger partial charge in [0.05, 0.1) is 11.9 Å². The number of benzene rings is 3. The van der Waals surface area contributed by atoms with Crippen LogP contribution in [0, 0.1) is 13.8 Å². The molecule has 226 valence electrons. The molecule has 0 radical (unpaired) electrons. The van der Waals surface area contributed by atoms with Crippen molar-refractivity contribution in [2.75, 3.05) is 23.7 Å². The van der Waals surface area contributed by atoms with Crippen molar-refractivity contribution in [2.45, 2.75) is 59.0 Å². The standard InChI is InChI=1S/C32H39Cl2N3O4S/c1-5-16-35-32(39)30(21-25-11-7-6-8-12-25)36(22-27-28(33)13-9-14-29(27)34)31(38)15-10-17-37(42(4,40)41)26-19-23(2)18-24(3)20-26/h6-9,11-14,18-20,30H,5,10,15-17,21-22H2,1-4H3,(H,35,39). The number of rotatable bonds is 14. The van der Waals surface area contributed by atoms with Crippen molar-refractivity contribution in [1.82, 2.24) is 10.2 Å². The Balaban J connectivity index is 1.92. The zero-order chi connectivity index (χ0) is 30.9. The molecule has 0 bridgehead atoms. The minimum absolute atomic E-state index is 0.0191. The number of amides is 2. The predicted molar refractivity (Wildman–Crippen MR) is 172 cm³/mol. The molecule has 0 saturated heterocycles. The van der Waals surface area contributed by atoms with Crippen LogP contribution in [0.15, 0.2) is 66.7 Å². The third-order valence-corrected chi connectivity index (χ3v) is 8.76. The van der Waals surface area contributed by atoms with E-state index in [0.717, 1.165) is 29.4 Å². The number of hydrogen-bond acceptors (Lipinski definition) is 4. The number of carbonyl (C=O) groups is 2. The molecule has 42 heavy (non-hydrogen) atoms. The molecule has 2 amide bonds. The lowest BCUT2D eigenvalue weighted by Crippen LogP contribution is -2.50. The van der Waals surface area contributed by atoms with E-state index in [0.29, 0.717) is 34.3 Å². The molecule has 0 aromatic heterocycles. The molecular weight excluding hydrogens is 593 g/mol. The van der Waals surface area contributed by atoms with E-state index >= 15 is 0 Å². The highest BCUT2D eigenvalue weighted by atomic mass is 35.5. The van der Waals surface area contributed by atoms with Crippen LogP contribution in [0.3, 0.4) is 0 Å². The van der Waals surface area contributed by atoms with Crippen molar-refractivity contribution >= 4 is 50.7 Å². The highest BCUT2D eigenvalue weighted by molar-refractivity contribution is 7.92. The lowest BCUT2D eigenvalue weighted by atomic mass is 10.0. The zero-order valence-electron chi connectivity index (χ0n) is 24.6. The highest BCUT2D eigenvalue weighted by Gasteiger charge is 2.31. The molecule has 0 aliphatic carbocycles. The Hall–Kier alpha value is -3.07. The number of carbonyl (C=O) groups excluding carboxylic acids is 2. The van der Waals surface area contributed by atoms with E-state index < -0.39 is 16.1 Å². The first-order chi connectivity index (χ1) is 19.9. The largest absolute Gasteiger partial charge is 0.354 e. The lowest BCUT2D eigenvalue weighted by molar-refractivity contribution is -0.141. The van der Waals surface area contributed by atoms with Crippen LogP contribution in [0.2, 0.25) is 10.0 Å². The van der Waals surface area contributed by atoms with Gasteiger partial charge >= 0.3 is 0 Å². The molecule has 7 nitrogen and oxygen atoms in total. The Morgan fingerprint density at radius 3 is 2.12 bits per heavy atom. The van der Waals surface area contributed by atoms with Gasteiger partial charge in [0, 0.05) is 48.1 Å². The molecular formula is C32H39Cl2N3O4S. The van der Waals surface area contributed by atoms with Gasteiger partial charge in [-0.1, -0.05) is 72.6 Å². The van der Waals surface area contributed by atoms with E-state index in [9.17, 15) is 18.0 Å². The third kappa shape index (κ3) is 9.48. The van der Waals surface area contributed by atoms with Gasteiger partial charge in [-0.05, 0) is 67.6 Å². The number of sulfonamides is 1. The second-order valence-corrected chi connectivity index (χ2v) is 13.2. The minimum Gasteiger partial charge on any atom is -0.354 e. The monoisotopic (exact) mass is 631 g/mol. The van der Waals surface area contributed by atoms with Crippen LogP contribution >= 0.6 is 23.2 Å². The number of halogens is 2. The van der Waals surface area contributed by atoms with Crippen LogP contribution in [-0.4, -0.2) is 50.5 Å². The van der Waals surface area contributed by atoms with E-state index in [1.54, 1.807) is 18.2 Å². The smallest absolute Gasteiger partial charge is 0.243 e. The number of anilines is 1. The van der Waals surface area contributed by atoms with Gasteiger partial charge in [0.2, 0.25) is 21.8 Å².